The maximum Gasteiger partial charge on any atom is 0.433 e. The summed E-state index contributed by atoms with van der Waals surface area (Å²) in [7, 11) is -3.81. The molecule has 0 unspecified atom stereocenters. The largest absolute Gasteiger partial charge is 0.433 e. The van der Waals surface area contributed by atoms with Crippen LogP contribution in [-0.2, 0) is 15.6 Å². The second kappa shape index (κ2) is 5.32. The monoisotopic (exact) mass is 312 g/mol. The lowest BCUT2D eigenvalue weighted by atomic mass is 10.3. The Morgan fingerprint density at radius 1 is 0.952 bits per heavy atom. The predicted octanol–water partition coefficient (Wildman–Crippen LogP) is 2.07. The van der Waals surface area contributed by atoms with Crippen LogP contribution in [-0.4, -0.2) is 18.3 Å². The Morgan fingerprint density at radius 3 is 2.05 bits per heavy atom. The summed E-state index contributed by atoms with van der Waals surface area (Å²) in [6, 6.07) is 6.59. The van der Waals surface area contributed by atoms with Crippen molar-refractivity contribution in [2.24, 2.45) is 0 Å². The SMILES string of the molecule is O=[N+]([O-])c1ccc(S(=O)(=O)Cc2ccc([N+](=O)[O-])o2)cc1. The quantitative estimate of drug-likeness (QED) is 0.609. The summed E-state index contributed by atoms with van der Waals surface area (Å²) in [5, 5.41) is 20.9. The maximum absolute atomic E-state index is 12.1. The lowest BCUT2D eigenvalue weighted by Gasteiger charge is -2.01. The fourth-order valence-electron chi connectivity index (χ4n) is 1.59. The van der Waals surface area contributed by atoms with Crippen molar-refractivity contribution in [3.8, 4) is 0 Å². The molecule has 0 N–H and O–H groups in total. The molecule has 1 aromatic heterocycles. The Bertz CT molecular complexity index is 792. The van der Waals surface area contributed by atoms with Gasteiger partial charge in [-0.25, -0.2) is 8.42 Å². The first-order valence-electron chi connectivity index (χ1n) is 5.50. The highest BCUT2D eigenvalue weighted by Gasteiger charge is 2.21. The zero-order valence-corrected chi connectivity index (χ0v) is 11.1. The highest BCUT2D eigenvalue weighted by molar-refractivity contribution is 7.90. The van der Waals surface area contributed by atoms with Gasteiger partial charge in [-0.3, -0.25) is 20.2 Å². The second-order valence-corrected chi connectivity index (χ2v) is 6.00. The van der Waals surface area contributed by atoms with Crippen LogP contribution in [0.3, 0.4) is 0 Å². The molecule has 9 nitrogen and oxygen atoms in total. The Kier molecular flexibility index (Phi) is 3.72. The van der Waals surface area contributed by atoms with Gasteiger partial charge in [0.15, 0.2) is 9.84 Å². The van der Waals surface area contributed by atoms with Crippen LogP contribution < -0.4 is 0 Å². The number of benzene rings is 1. The molecule has 2 aromatic rings. The van der Waals surface area contributed by atoms with Gasteiger partial charge >= 0.3 is 5.88 Å². The van der Waals surface area contributed by atoms with Gasteiger partial charge in [-0.2, -0.15) is 0 Å². The number of hydrogen-bond donors (Lipinski definition) is 0. The third-order valence-electron chi connectivity index (χ3n) is 2.57. The summed E-state index contributed by atoms with van der Waals surface area (Å²) in [5.41, 5.74) is -0.234. The minimum atomic E-state index is -3.81. The first kappa shape index (κ1) is 14.7. The van der Waals surface area contributed by atoms with Crippen molar-refractivity contribution in [2.45, 2.75) is 10.6 Å². The van der Waals surface area contributed by atoms with Crippen LogP contribution in [0.1, 0.15) is 5.76 Å². The zero-order valence-electron chi connectivity index (χ0n) is 10.3. The Balaban J connectivity index is 2.24. The molecule has 0 bridgehead atoms. The van der Waals surface area contributed by atoms with Gasteiger partial charge in [0.25, 0.3) is 5.69 Å². The zero-order chi connectivity index (χ0) is 15.6. The minimum Gasteiger partial charge on any atom is -0.405 e. The first-order valence-corrected chi connectivity index (χ1v) is 7.15. The molecule has 0 spiro atoms. The molecule has 10 heteroatoms. The van der Waals surface area contributed by atoms with E-state index < -0.39 is 31.3 Å². The molecule has 0 fully saturated rings. The number of furan rings is 1. The van der Waals surface area contributed by atoms with E-state index in [9.17, 15) is 28.6 Å². The predicted molar refractivity (Wildman–Crippen MR) is 69.3 cm³/mol. The van der Waals surface area contributed by atoms with E-state index in [1.54, 1.807) is 0 Å². The van der Waals surface area contributed by atoms with Gasteiger partial charge in [0.1, 0.15) is 16.4 Å². The van der Waals surface area contributed by atoms with Crippen molar-refractivity contribution in [2.75, 3.05) is 0 Å². The third-order valence-corrected chi connectivity index (χ3v) is 4.22. The van der Waals surface area contributed by atoms with Crippen LogP contribution in [0.5, 0.6) is 0 Å². The molecule has 0 radical (unpaired) electrons. The molecule has 110 valence electrons. The summed E-state index contributed by atoms with van der Waals surface area (Å²) in [6.45, 7) is 0. The maximum atomic E-state index is 12.1. The first-order chi connectivity index (χ1) is 9.79. The number of nitro benzene ring substituents is 1. The van der Waals surface area contributed by atoms with Crippen molar-refractivity contribution in [1.29, 1.82) is 0 Å². The second-order valence-electron chi connectivity index (χ2n) is 4.01. The third kappa shape index (κ3) is 3.23. The number of rotatable bonds is 5. The molecule has 0 atom stereocenters. The van der Waals surface area contributed by atoms with Crippen molar-refractivity contribution >= 4 is 21.4 Å². The molecule has 0 saturated carbocycles. The van der Waals surface area contributed by atoms with E-state index in [0.717, 1.165) is 30.3 Å². The molecule has 1 aromatic carbocycles. The van der Waals surface area contributed by atoms with E-state index in [-0.39, 0.29) is 16.3 Å². The van der Waals surface area contributed by atoms with E-state index in [2.05, 4.69) is 0 Å². The van der Waals surface area contributed by atoms with E-state index in [4.69, 9.17) is 4.42 Å². The van der Waals surface area contributed by atoms with Crippen LogP contribution in [0.15, 0.2) is 45.7 Å². The fourth-order valence-corrected chi connectivity index (χ4v) is 2.84. The number of non-ortho nitro benzene ring substituents is 1. The fraction of sp³-hybridized carbons (Fsp3) is 0.0909. The van der Waals surface area contributed by atoms with E-state index in [1.807, 2.05) is 0 Å². The topological polar surface area (TPSA) is 134 Å². The number of hydrogen-bond acceptors (Lipinski definition) is 7. The van der Waals surface area contributed by atoms with Crippen LogP contribution in [0.25, 0.3) is 0 Å². The van der Waals surface area contributed by atoms with Crippen molar-refractivity contribution in [3.05, 3.63) is 62.4 Å². The van der Waals surface area contributed by atoms with Gasteiger partial charge in [-0.1, -0.05) is 0 Å². The van der Waals surface area contributed by atoms with Crippen LogP contribution in [0.4, 0.5) is 11.6 Å². The summed E-state index contributed by atoms with van der Waals surface area (Å²) in [4.78, 5) is 19.4. The molecule has 0 aliphatic rings. The van der Waals surface area contributed by atoms with Gasteiger partial charge in [0.2, 0.25) is 0 Å². The van der Waals surface area contributed by atoms with Crippen molar-refractivity contribution in [1.82, 2.24) is 0 Å². The molecule has 0 aliphatic carbocycles. The highest BCUT2D eigenvalue weighted by atomic mass is 32.2. The van der Waals surface area contributed by atoms with Crippen LogP contribution in [0.2, 0.25) is 0 Å². The van der Waals surface area contributed by atoms with Crippen LogP contribution in [0, 0.1) is 20.2 Å². The smallest absolute Gasteiger partial charge is 0.405 e. The molecule has 21 heavy (non-hydrogen) atoms. The van der Waals surface area contributed by atoms with Crippen molar-refractivity contribution in [3.63, 3.8) is 0 Å². The summed E-state index contributed by atoms with van der Waals surface area (Å²) < 4.78 is 28.9. The molecule has 0 amide bonds. The van der Waals surface area contributed by atoms with E-state index >= 15 is 0 Å². The average Bonchev–Trinajstić information content (AvgIpc) is 2.87. The molecular weight excluding hydrogens is 304 g/mol. The summed E-state index contributed by atoms with van der Waals surface area (Å²) in [6.07, 6.45) is 0. The minimum absolute atomic E-state index is 0.0833. The van der Waals surface area contributed by atoms with Crippen molar-refractivity contribution < 1.29 is 22.7 Å². The Morgan fingerprint density at radius 2 is 1.57 bits per heavy atom. The van der Waals surface area contributed by atoms with Gasteiger partial charge in [-0.05, 0) is 18.2 Å². The lowest BCUT2D eigenvalue weighted by Crippen LogP contribution is -2.04. The molecule has 2 rings (SSSR count). The van der Waals surface area contributed by atoms with Gasteiger partial charge in [-0.15, -0.1) is 0 Å². The van der Waals surface area contributed by atoms with E-state index in [1.165, 1.54) is 6.07 Å². The number of nitrogens with zero attached hydrogens (tertiary/aromatic N) is 2. The molecule has 1 heterocycles. The van der Waals surface area contributed by atoms with Gasteiger partial charge in [0.05, 0.1) is 15.9 Å². The van der Waals surface area contributed by atoms with E-state index in [0.29, 0.717) is 0 Å². The average molecular weight is 312 g/mol. The summed E-state index contributed by atoms with van der Waals surface area (Å²) in [5.74, 6) is -1.21. The van der Waals surface area contributed by atoms with Gasteiger partial charge in [0, 0.05) is 12.1 Å². The standard InChI is InChI=1S/C11H8N2O7S/c14-12(15)8-1-4-10(5-2-8)21(18,19)7-9-3-6-11(20-9)13(16)17/h1-6H,7H2. The normalized spacial score (nSPS) is 11.2. The Hall–Kier alpha value is -2.75. The Labute approximate surface area is 118 Å². The highest BCUT2D eigenvalue weighted by Crippen LogP contribution is 2.22. The molecule has 0 saturated heterocycles. The summed E-state index contributed by atoms with van der Waals surface area (Å²) >= 11 is 0. The lowest BCUT2D eigenvalue weighted by molar-refractivity contribution is -0.402. The number of sulfone groups is 1. The van der Waals surface area contributed by atoms with Crippen LogP contribution >= 0.6 is 0 Å². The molecule has 0 aliphatic heterocycles. The van der Waals surface area contributed by atoms with Gasteiger partial charge < -0.3 is 4.42 Å². The molecular formula is C11H8N2O7S. The number of nitro groups is 2.